The smallest absolute Gasteiger partial charge is 0.232 e. The molecule has 8 heteroatoms. The Hall–Kier alpha value is -2.64. The zero-order valence-electron chi connectivity index (χ0n) is 14.3. The van der Waals surface area contributed by atoms with Crippen molar-refractivity contribution in [3.8, 4) is 0 Å². The molecule has 2 aromatic heterocycles. The van der Waals surface area contributed by atoms with E-state index in [4.69, 9.17) is 0 Å². The van der Waals surface area contributed by atoms with Crippen LogP contribution in [0.25, 0.3) is 0 Å². The van der Waals surface area contributed by atoms with Crippen LogP contribution in [0.1, 0.15) is 36.3 Å². The first kappa shape index (κ1) is 16.2. The van der Waals surface area contributed by atoms with E-state index < -0.39 is 5.92 Å². The van der Waals surface area contributed by atoms with Gasteiger partial charge in [0.25, 0.3) is 0 Å². The number of aromatic amines is 1. The van der Waals surface area contributed by atoms with Crippen LogP contribution >= 0.6 is 0 Å². The Balaban J connectivity index is 1.91. The van der Waals surface area contributed by atoms with Crippen molar-refractivity contribution >= 4 is 17.8 Å². The molecule has 1 aliphatic heterocycles. The molecule has 3 rings (SSSR count). The summed E-state index contributed by atoms with van der Waals surface area (Å²) >= 11 is 0. The van der Waals surface area contributed by atoms with E-state index in [2.05, 4.69) is 20.4 Å². The second-order valence-electron chi connectivity index (χ2n) is 6.15. The minimum atomic E-state index is -0.467. The number of aromatic nitrogens is 4. The normalized spacial score (nSPS) is 20.7. The number of hydrogen-bond donors (Lipinski definition) is 2. The molecule has 1 fully saturated rings. The van der Waals surface area contributed by atoms with Gasteiger partial charge in [0.15, 0.2) is 0 Å². The molecule has 0 radical (unpaired) electrons. The molecule has 1 aliphatic rings. The molecular formula is C16H22N6O2. The Morgan fingerprint density at radius 2 is 2.17 bits per heavy atom. The lowest BCUT2D eigenvalue weighted by Crippen LogP contribution is -2.32. The molecule has 0 aromatic carbocycles. The number of carbonyl (C=O) groups excluding carboxylic acids is 2. The molecule has 0 bridgehead atoms. The Morgan fingerprint density at radius 3 is 2.71 bits per heavy atom. The largest absolute Gasteiger partial charge is 0.335 e. The molecule has 2 aromatic rings. The molecular weight excluding hydrogens is 308 g/mol. The number of likely N-dealkylation sites (tertiary alicyclic amines) is 1. The molecule has 0 spiro atoms. The number of nitrogens with one attached hydrogen (secondary N) is 2. The van der Waals surface area contributed by atoms with Crippen molar-refractivity contribution in [1.82, 2.24) is 24.6 Å². The molecule has 0 aliphatic carbocycles. The summed E-state index contributed by atoms with van der Waals surface area (Å²) in [6.45, 7) is 6.29. The molecule has 2 amide bonds. The predicted octanol–water partition coefficient (Wildman–Crippen LogP) is 1.31. The molecule has 3 heterocycles. The van der Waals surface area contributed by atoms with Crippen molar-refractivity contribution in [2.24, 2.45) is 13.0 Å². The first-order valence-electron chi connectivity index (χ1n) is 8.02. The maximum atomic E-state index is 12.8. The highest BCUT2D eigenvalue weighted by atomic mass is 16.2. The third-order valence-corrected chi connectivity index (χ3v) is 4.65. The number of aryl methyl sites for hydroxylation is 2. The Morgan fingerprint density at radius 1 is 1.42 bits per heavy atom. The summed E-state index contributed by atoms with van der Waals surface area (Å²) in [7, 11) is 1.85. The van der Waals surface area contributed by atoms with Gasteiger partial charge in [0, 0.05) is 43.2 Å². The lowest BCUT2D eigenvalue weighted by atomic mass is 9.93. The summed E-state index contributed by atoms with van der Waals surface area (Å²) in [6, 6.07) is -0.299. The number of nitrogens with zero attached hydrogens (tertiary/aromatic N) is 4. The molecule has 1 saturated heterocycles. The molecule has 2 atom stereocenters. The van der Waals surface area contributed by atoms with Gasteiger partial charge in [-0.1, -0.05) is 0 Å². The molecule has 8 nitrogen and oxygen atoms in total. The topological polar surface area (TPSA) is 95.9 Å². The molecule has 0 saturated carbocycles. The van der Waals surface area contributed by atoms with E-state index in [9.17, 15) is 9.59 Å². The van der Waals surface area contributed by atoms with Crippen LogP contribution in [0.15, 0.2) is 12.4 Å². The van der Waals surface area contributed by atoms with Crippen LogP contribution in [0.4, 0.5) is 5.95 Å². The van der Waals surface area contributed by atoms with Crippen molar-refractivity contribution in [1.29, 1.82) is 0 Å². The summed E-state index contributed by atoms with van der Waals surface area (Å²) in [5.74, 6) is -0.282. The van der Waals surface area contributed by atoms with Gasteiger partial charge in [-0.3, -0.25) is 19.6 Å². The fourth-order valence-corrected chi connectivity index (χ4v) is 3.27. The van der Waals surface area contributed by atoms with Gasteiger partial charge in [-0.2, -0.15) is 5.10 Å². The molecule has 0 unspecified atom stereocenters. The van der Waals surface area contributed by atoms with Gasteiger partial charge in [0.1, 0.15) is 0 Å². The number of rotatable bonds is 4. The van der Waals surface area contributed by atoms with E-state index >= 15 is 0 Å². The van der Waals surface area contributed by atoms with Crippen LogP contribution in [0, 0.1) is 19.8 Å². The van der Waals surface area contributed by atoms with E-state index in [0.29, 0.717) is 12.5 Å². The van der Waals surface area contributed by atoms with Gasteiger partial charge >= 0.3 is 0 Å². The molecule has 24 heavy (non-hydrogen) atoms. The number of amides is 2. The number of H-pyrrole nitrogens is 1. The fraction of sp³-hybridized carbons (Fsp3) is 0.500. The first-order chi connectivity index (χ1) is 11.4. The predicted molar refractivity (Wildman–Crippen MR) is 88.1 cm³/mol. The summed E-state index contributed by atoms with van der Waals surface area (Å²) in [5.41, 5.74) is 2.74. The average molecular weight is 330 g/mol. The fourth-order valence-electron chi connectivity index (χ4n) is 3.27. The molecule has 2 N–H and O–H groups in total. The van der Waals surface area contributed by atoms with Gasteiger partial charge in [-0.15, -0.1) is 0 Å². The third-order valence-electron chi connectivity index (χ3n) is 4.65. The van der Waals surface area contributed by atoms with Crippen molar-refractivity contribution in [3.63, 3.8) is 0 Å². The van der Waals surface area contributed by atoms with E-state index in [1.165, 1.54) is 0 Å². The summed E-state index contributed by atoms with van der Waals surface area (Å²) in [5, 5.41) is 7.05. The van der Waals surface area contributed by atoms with Crippen molar-refractivity contribution in [2.45, 2.75) is 33.2 Å². The van der Waals surface area contributed by atoms with E-state index in [0.717, 1.165) is 17.0 Å². The van der Waals surface area contributed by atoms with Crippen molar-refractivity contribution in [3.05, 3.63) is 29.3 Å². The quantitative estimate of drug-likeness (QED) is 0.883. The van der Waals surface area contributed by atoms with Gasteiger partial charge < -0.3 is 9.88 Å². The summed E-state index contributed by atoms with van der Waals surface area (Å²) < 4.78 is 1.76. The maximum Gasteiger partial charge on any atom is 0.232 e. The minimum Gasteiger partial charge on any atom is -0.335 e. The highest BCUT2D eigenvalue weighted by Gasteiger charge is 2.45. The molecule has 128 valence electrons. The second-order valence-corrected chi connectivity index (χ2v) is 6.15. The zero-order valence-corrected chi connectivity index (χ0v) is 14.3. The average Bonchev–Trinajstić information content (AvgIpc) is 3.19. The van der Waals surface area contributed by atoms with Crippen LogP contribution in [0.2, 0.25) is 0 Å². The summed E-state index contributed by atoms with van der Waals surface area (Å²) in [4.78, 5) is 34.0. The van der Waals surface area contributed by atoms with Gasteiger partial charge in [0.05, 0.1) is 18.2 Å². The monoisotopic (exact) mass is 330 g/mol. The van der Waals surface area contributed by atoms with E-state index in [1.807, 2.05) is 27.8 Å². The third kappa shape index (κ3) is 2.68. The SMILES string of the molecule is CCN1C(=O)C[C@H](C(=O)Nc2ncc(C)[nH]2)[C@H]1c1cnn(C)c1C. The maximum absolute atomic E-state index is 12.8. The Labute approximate surface area is 140 Å². The second kappa shape index (κ2) is 6.10. The van der Waals surface area contributed by atoms with E-state index in [-0.39, 0.29) is 24.3 Å². The number of carbonyl (C=O) groups is 2. The van der Waals surface area contributed by atoms with Crippen LogP contribution in [-0.2, 0) is 16.6 Å². The minimum absolute atomic E-state index is 0.0125. The Kier molecular flexibility index (Phi) is 4.13. The van der Waals surface area contributed by atoms with Crippen LogP contribution in [-0.4, -0.2) is 43.0 Å². The standard InChI is InChI=1S/C16H22N6O2/c1-5-22-13(23)6-11(14(22)12-8-18-21(4)10(12)3)15(24)20-16-17-7-9(2)19-16/h7-8,11,14H,5-6H2,1-4H3,(H2,17,19,20,24)/t11-,14-/m0/s1. The van der Waals surface area contributed by atoms with Crippen LogP contribution in [0.3, 0.4) is 0 Å². The van der Waals surface area contributed by atoms with Gasteiger partial charge in [-0.05, 0) is 20.8 Å². The highest BCUT2D eigenvalue weighted by molar-refractivity contribution is 5.97. The van der Waals surface area contributed by atoms with Crippen LogP contribution < -0.4 is 5.32 Å². The number of anilines is 1. The number of imidazole rings is 1. The van der Waals surface area contributed by atoms with E-state index in [1.54, 1.807) is 22.0 Å². The van der Waals surface area contributed by atoms with Gasteiger partial charge in [0.2, 0.25) is 17.8 Å². The zero-order chi connectivity index (χ0) is 17.4. The first-order valence-corrected chi connectivity index (χ1v) is 8.02. The van der Waals surface area contributed by atoms with Gasteiger partial charge in [-0.25, -0.2) is 4.98 Å². The lowest BCUT2D eigenvalue weighted by molar-refractivity contribution is -0.129. The summed E-state index contributed by atoms with van der Waals surface area (Å²) in [6.07, 6.45) is 3.59. The number of hydrogen-bond acceptors (Lipinski definition) is 4. The van der Waals surface area contributed by atoms with Crippen molar-refractivity contribution < 1.29 is 9.59 Å². The highest BCUT2D eigenvalue weighted by Crippen LogP contribution is 2.39. The van der Waals surface area contributed by atoms with Crippen molar-refractivity contribution in [2.75, 3.05) is 11.9 Å². The lowest BCUT2D eigenvalue weighted by Gasteiger charge is -2.26. The van der Waals surface area contributed by atoms with Crippen LogP contribution in [0.5, 0.6) is 0 Å². The Bertz CT molecular complexity index is 777.